The molecule has 0 aliphatic rings. The molecule has 2 heterocycles. The van der Waals surface area contributed by atoms with Crippen LogP contribution in [0.3, 0.4) is 0 Å². The number of carbonyl (C=O) groups is 1. The number of thiophene rings is 1. The number of carbonyl (C=O) groups excluding carboxylic acids is 1. The average molecular weight is 347 g/mol. The fourth-order valence-corrected chi connectivity index (χ4v) is 3.97. The number of benzene rings is 1. The molecule has 5 nitrogen and oxygen atoms in total. The third-order valence-electron chi connectivity index (χ3n) is 3.51. The number of nitrogens with one attached hydrogen (secondary N) is 1. The second-order valence-corrected chi connectivity index (χ2v) is 7.20. The van der Waals surface area contributed by atoms with Crippen LogP contribution in [0.5, 0.6) is 5.75 Å². The Bertz CT molecular complexity index is 841. The van der Waals surface area contributed by atoms with Crippen molar-refractivity contribution < 1.29 is 9.53 Å². The summed E-state index contributed by atoms with van der Waals surface area (Å²) in [7, 11) is 3.41. The van der Waals surface area contributed by atoms with Gasteiger partial charge in [0.2, 0.25) is 0 Å². The highest BCUT2D eigenvalue weighted by Crippen LogP contribution is 2.29. The summed E-state index contributed by atoms with van der Waals surface area (Å²) in [5.41, 5.74) is 2.06. The Morgan fingerprint density at radius 1 is 1.39 bits per heavy atom. The van der Waals surface area contributed by atoms with Crippen molar-refractivity contribution in [2.45, 2.75) is 13.5 Å². The van der Waals surface area contributed by atoms with Crippen LogP contribution < -0.4 is 10.1 Å². The summed E-state index contributed by atoms with van der Waals surface area (Å²) in [4.78, 5) is 19.6. The number of ether oxygens (including phenoxy) is 1. The fourth-order valence-electron chi connectivity index (χ4n) is 2.13. The van der Waals surface area contributed by atoms with Gasteiger partial charge in [-0.1, -0.05) is 11.3 Å². The number of fused-ring (bicyclic) bond motifs is 1. The predicted molar refractivity (Wildman–Crippen MR) is 95.7 cm³/mol. The van der Waals surface area contributed by atoms with Crippen LogP contribution in [0.15, 0.2) is 29.6 Å². The number of anilines is 1. The molecule has 7 heteroatoms. The van der Waals surface area contributed by atoms with E-state index in [1.54, 1.807) is 30.4 Å². The highest BCUT2D eigenvalue weighted by atomic mass is 32.1. The number of urea groups is 1. The highest BCUT2D eigenvalue weighted by molar-refractivity contribution is 7.22. The van der Waals surface area contributed by atoms with Crippen molar-refractivity contribution in [3.8, 4) is 5.75 Å². The molecule has 0 aliphatic heterocycles. The Hall–Kier alpha value is -2.12. The van der Waals surface area contributed by atoms with Crippen molar-refractivity contribution in [2.75, 3.05) is 19.5 Å². The lowest BCUT2D eigenvalue weighted by molar-refractivity contribution is 0.221. The summed E-state index contributed by atoms with van der Waals surface area (Å²) < 4.78 is 6.19. The molecule has 0 radical (unpaired) electrons. The number of amides is 2. The molecule has 0 aliphatic carbocycles. The van der Waals surface area contributed by atoms with Crippen LogP contribution in [0, 0.1) is 6.92 Å². The van der Waals surface area contributed by atoms with Crippen LogP contribution in [0.25, 0.3) is 10.2 Å². The molecule has 2 amide bonds. The van der Waals surface area contributed by atoms with Gasteiger partial charge in [-0.25, -0.2) is 9.78 Å². The first-order chi connectivity index (χ1) is 11.1. The second-order valence-electron chi connectivity index (χ2n) is 5.17. The lowest BCUT2D eigenvalue weighted by Gasteiger charge is -2.16. The van der Waals surface area contributed by atoms with Gasteiger partial charge in [-0.05, 0) is 42.1 Å². The Morgan fingerprint density at radius 2 is 2.22 bits per heavy atom. The van der Waals surface area contributed by atoms with Crippen LogP contribution in [0.1, 0.15) is 10.4 Å². The van der Waals surface area contributed by atoms with E-state index in [1.807, 2.05) is 23.6 Å². The van der Waals surface area contributed by atoms with Gasteiger partial charge in [-0.15, -0.1) is 11.3 Å². The van der Waals surface area contributed by atoms with E-state index < -0.39 is 0 Å². The van der Waals surface area contributed by atoms with Crippen LogP contribution in [-0.4, -0.2) is 30.1 Å². The second kappa shape index (κ2) is 6.55. The molecule has 0 saturated carbocycles. The van der Waals surface area contributed by atoms with Crippen molar-refractivity contribution in [1.29, 1.82) is 0 Å². The molecule has 0 spiro atoms. The first-order valence-electron chi connectivity index (χ1n) is 7.06. The van der Waals surface area contributed by atoms with E-state index in [1.165, 1.54) is 21.8 Å². The number of hydrogen-bond donors (Lipinski definition) is 1. The minimum absolute atomic E-state index is 0.163. The van der Waals surface area contributed by atoms with Gasteiger partial charge >= 0.3 is 6.03 Å². The van der Waals surface area contributed by atoms with Gasteiger partial charge in [0, 0.05) is 11.9 Å². The minimum Gasteiger partial charge on any atom is -0.497 e. The van der Waals surface area contributed by atoms with Crippen molar-refractivity contribution >= 4 is 44.1 Å². The summed E-state index contributed by atoms with van der Waals surface area (Å²) in [5.74, 6) is 0.782. The Morgan fingerprint density at radius 3 is 2.91 bits per heavy atom. The molecule has 3 aromatic rings. The zero-order valence-corrected chi connectivity index (χ0v) is 14.8. The smallest absolute Gasteiger partial charge is 0.323 e. The van der Waals surface area contributed by atoms with E-state index in [-0.39, 0.29) is 6.03 Å². The maximum Gasteiger partial charge on any atom is 0.323 e. The van der Waals surface area contributed by atoms with Gasteiger partial charge < -0.3 is 9.64 Å². The number of nitrogens with zero attached hydrogens (tertiary/aromatic N) is 2. The maximum atomic E-state index is 12.3. The maximum absolute atomic E-state index is 12.3. The number of aryl methyl sites for hydroxylation is 1. The monoisotopic (exact) mass is 347 g/mol. The summed E-state index contributed by atoms with van der Waals surface area (Å²) in [6.45, 7) is 2.65. The fraction of sp³-hybridized carbons (Fsp3) is 0.250. The van der Waals surface area contributed by atoms with Gasteiger partial charge in [0.15, 0.2) is 5.13 Å². The first-order valence-corrected chi connectivity index (χ1v) is 8.76. The molecule has 120 valence electrons. The van der Waals surface area contributed by atoms with Crippen LogP contribution in [0.4, 0.5) is 9.93 Å². The zero-order valence-electron chi connectivity index (χ0n) is 13.1. The molecule has 1 aromatic carbocycles. The van der Waals surface area contributed by atoms with E-state index in [0.717, 1.165) is 16.0 Å². The van der Waals surface area contributed by atoms with Crippen molar-refractivity contribution in [1.82, 2.24) is 9.88 Å². The van der Waals surface area contributed by atoms with E-state index in [2.05, 4.69) is 23.3 Å². The van der Waals surface area contributed by atoms with Crippen molar-refractivity contribution in [2.24, 2.45) is 0 Å². The molecule has 0 saturated heterocycles. The summed E-state index contributed by atoms with van der Waals surface area (Å²) in [5, 5.41) is 5.49. The SMILES string of the molecule is COc1ccc2nc(NC(=O)N(C)Cc3sccc3C)sc2c1. The van der Waals surface area contributed by atoms with E-state index in [9.17, 15) is 4.79 Å². The molecule has 0 fully saturated rings. The van der Waals surface area contributed by atoms with Crippen molar-refractivity contribution in [3.05, 3.63) is 40.1 Å². The van der Waals surface area contributed by atoms with Gasteiger partial charge in [0.05, 0.1) is 23.9 Å². The summed E-state index contributed by atoms with van der Waals surface area (Å²) in [6.07, 6.45) is 0. The van der Waals surface area contributed by atoms with Gasteiger partial charge in [-0.2, -0.15) is 0 Å². The molecular formula is C16H17N3O2S2. The van der Waals surface area contributed by atoms with Gasteiger partial charge in [0.25, 0.3) is 0 Å². The minimum atomic E-state index is -0.163. The normalized spacial score (nSPS) is 10.7. The Kier molecular flexibility index (Phi) is 4.49. The lowest BCUT2D eigenvalue weighted by atomic mass is 10.3. The summed E-state index contributed by atoms with van der Waals surface area (Å²) >= 11 is 3.10. The summed E-state index contributed by atoms with van der Waals surface area (Å²) in [6, 6.07) is 7.57. The number of methoxy groups -OCH3 is 1. The Balaban J connectivity index is 1.70. The quantitative estimate of drug-likeness (QED) is 0.764. The van der Waals surface area contributed by atoms with Crippen molar-refractivity contribution in [3.63, 3.8) is 0 Å². The molecule has 1 N–H and O–H groups in total. The average Bonchev–Trinajstić information content (AvgIpc) is 3.12. The topological polar surface area (TPSA) is 54.5 Å². The predicted octanol–water partition coefficient (Wildman–Crippen LogP) is 4.34. The third kappa shape index (κ3) is 3.46. The number of aromatic nitrogens is 1. The first kappa shape index (κ1) is 15.8. The number of thiazole rings is 1. The zero-order chi connectivity index (χ0) is 16.4. The molecule has 23 heavy (non-hydrogen) atoms. The largest absolute Gasteiger partial charge is 0.497 e. The van der Waals surface area contributed by atoms with Crippen LogP contribution >= 0.6 is 22.7 Å². The lowest BCUT2D eigenvalue weighted by Crippen LogP contribution is -2.30. The van der Waals surface area contributed by atoms with Gasteiger partial charge in [-0.3, -0.25) is 5.32 Å². The molecule has 2 aromatic heterocycles. The van der Waals surface area contributed by atoms with E-state index in [4.69, 9.17) is 4.74 Å². The highest BCUT2D eigenvalue weighted by Gasteiger charge is 2.14. The number of hydrogen-bond acceptors (Lipinski definition) is 5. The molecule has 0 atom stereocenters. The van der Waals surface area contributed by atoms with E-state index in [0.29, 0.717) is 11.7 Å². The van der Waals surface area contributed by atoms with E-state index >= 15 is 0 Å². The van der Waals surface area contributed by atoms with Gasteiger partial charge in [0.1, 0.15) is 5.75 Å². The standard InChI is InChI=1S/C16H17N3O2S2/c1-10-6-7-22-14(10)9-19(2)16(20)18-15-17-12-5-4-11(21-3)8-13(12)23-15/h4-8H,9H2,1-3H3,(H,17,18,20). The molecule has 3 rings (SSSR count). The number of rotatable bonds is 4. The van der Waals surface area contributed by atoms with Crippen LogP contribution in [0.2, 0.25) is 0 Å². The molecular weight excluding hydrogens is 330 g/mol. The Labute approximate surface area is 142 Å². The molecule has 0 bridgehead atoms. The molecule has 0 unspecified atom stereocenters. The van der Waals surface area contributed by atoms with Crippen LogP contribution in [-0.2, 0) is 6.54 Å². The third-order valence-corrected chi connectivity index (χ3v) is 5.45.